The zero-order chi connectivity index (χ0) is 22.2. The Labute approximate surface area is 181 Å². The number of hydroxylamine groups is 1. The second-order valence-electron chi connectivity index (χ2n) is 7.02. The van der Waals surface area contributed by atoms with Gasteiger partial charge in [0.25, 0.3) is 0 Å². The Balaban J connectivity index is 1.57. The summed E-state index contributed by atoms with van der Waals surface area (Å²) in [6, 6.07) is 17.2. The Hall–Kier alpha value is -3.58. The van der Waals surface area contributed by atoms with Gasteiger partial charge in [-0.2, -0.15) is 0 Å². The predicted molar refractivity (Wildman–Crippen MR) is 117 cm³/mol. The van der Waals surface area contributed by atoms with Crippen LogP contribution < -0.4 is 10.2 Å². The molecule has 1 aromatic heterocycles. The normalized spacial score (nSPS) is 11.7. The van der Waals surface area contributed by atoms with Crippen LogP contribution in [0.2, 0.25) is 0 Å². The zero-order valence-corrected chi connectivity index (χ0v) is 17.8. The number of nitrogens with one attached hydrogen (secondary N) is 1. The molecular formula is C24H26N2O5. The van der Waals surface area contributed by atoms with Crippen LogP contribution >= 0.6 is 0 Å². The van der Waals surface area contributed by atoms with E-state index in [1.807, 2.05) is 61.5 Å². The lowest BCUT2D eigenvalue weighted by Crippen LogP contribution is -2.16. The van der Waals surface area contributed by atoms with E-state index in [1.165, 1.54) is 7.11 Å². The molecule has 0 aliphatic heterocycles. The minimum atomic E-state index is -0.986. The summed E-state index contributed by atoms with van der Waals surface area (Å²) in [6.45, 7) is 4.02. The van der Waals surface area contributed by atoms with Crippen LogP contribution in [0.25, 0.3) is 11.5 Å². The van der Waals surface area contributed by atoms with Crippen molar-refractivity contribution >= 4 is 5.97 Å². The van der Waals surface area contributed by atoms with Crippen molar-refractivity contribution in [3.05, 3.63) is 82.9 Å². The lowest BCUT2D eigenvalue weighted by Gasteiger charge is -2.10. The molecule has 0 unspecified atom stereocenters. The summed E-state index contributed by atoms with van der Waals surface area (Å²) in [4.78, 5) is 20.9. The summed E-state index contributed by atoms with van der Waals surface area (Å²) in [7, 11) is 1.44. The SMILES string of the molecule is CONC(C)=C(Cc1ccc(OCCc2nc(-c3ccccc3)oc2C)cc1)C(=O)O. The van der Waals surface area contributed by atoms with Gasteiger partial charge in [0.05, 0.1) is 25.0 Å². The molecule has 0 aliphatic rings. The van der Waals surface area contributed by atoms with Gasteiger partial charge in [0.15, 0.2) is 0 Å². The molecule has 0 saturated carbocycles. The van der Waals surface area contributed by atoms with E-state index < -0.39 is 5.97 Å². The third kappa shape index (κ3) is 5.96. The van der Waals surface area contributed by atoms with Gasteiger partial charge < -0.3 is 14.3 Å². The van der Waals surface area contributed by atoms with Gasteiger partial charge in [-0.1, -0.05) is 30.3 Å². The van der Waals surface area contributed by atoms with E-state index in [1.54, 1.807) is 6.92 Å². The number of benzene rings is 2. The highest BCUT2D eigenvalue weighted by Gasteiger charge is 2.13. The molecule has 0 spiro atoms. The molecule has 2 N–H and O–H groups in total. The fourth-order valence-corrected chi connectivity index (χ4v) is 3.12. The van der Waals surface area contributed by atoms with Crippen molar-refractivity contribution in [3.8, 4) is 17.2 Å². The monoisotopic (exact) mass is 422 g/mol. The first-order valence-corrected chi connectivity index (χ1v) is 9.93. The quantitative estimate of drug-likeness (QED) is 0.371. The molecule has 2 aromatic carbocycles. The Morgan fingerprint density at radius 2 is 1.84 bits per heavy atom. The average Bonchev–Trinajstić information content (AvgIpc) is 3.14. The van der Waals surface area contributed by atoms with Crippen molar-refractivity contribution in [1.29, 1.82) is 0 Å². The number of oxazole rings is 1. The Morgan fingerprint density at radius 3 is 2.48 bits per heavy atom. The minimum absolute atomic E-state index is 0.242. The van der Waals surface area contributed by atoms with Gasteiger partial charge in [-0.15, -0.1) is 0 Å². The molecule has 7 heteroatoms. The first-order valence-electron chi connectivity index (χ1n) is 9.93. The molecule has 7 nitrogen and oxygen atoms in total. The van der Waals surface area contributed by atoms with Crippen LogP contribution in [0.1, 0.15) is 23.9 Å². The number of ether oxygens (including phenoxy) is 1. The Bertz CT molecular complexity index is 1040. The number of aromatic nitrogens is 1. The summed E-state index contributed by atoms with van der Waals surface area (Å²) in [5.41, 5.74) is 5.96. The van der Waals surface area contributed by atoms with Gasteiger partial charge in [0.2, 0.25) is 5.89 Å². The van der Waals surface area contributed by atoms with E-state index in [2.05, 4.69) is 10.5 Å². The largest absolute Gasteiger partial charge is 0.493 e. The molecule has 0 fully saturated rings. The maximum Gasteiger partial charge on any atom is 0.333 e. The highest BCUT2D eigenvalue weighted by Crippen LogP contribution is 2.22. The van der Waals surface area contributed by atoms with E-state index in [0.29, 0.717) is 30.4 Å². The molecule has 162 valence electrons. The number of hydrogen-bond acceptors (Lipinski definition) is 6. The lowest BCUT2D eigenvalue weighted by molar-refractivity contribution is -0.132. The topological polar surface area (TPSA) is 93.8 Å². The van der Waals surface area contributed by atoms with Crippen LogP contribution in [-0.4, -0.2) is 29.8 Å². The smallest absolute Gasteiger partial charge is 0.333 e. The van der Waals surface area contributed by atoms with Crippen molar-refractivity contribution in [2.75, 3.05) is 13.7 Å². The molecule has 0 bridgehead atoms. The zero-order valence-electron chi connectivity index (χ0n) is 17.8. The van der Waals surface area contributed by atoms with E-state index >= 15 is 0 Å². The van der Waals surface area contributed by atoms with Gasteiger partial charge in [-0.3, -0.25) is 10.3 Å². The van der Waals surface area contributed by atoms with Crippen molar-refractivity contribution in [3.63, 3.8) is 0 Å². The fraction of sp³-hybridized carbons (Fsp3) is 0.250. The molecular weight excluding hydrogens is 396 g/mol. The highest BCUT2D eigenvalue weighted by atomic mass is 16.6. The summed E-state index contributed by atoms with van der Waals surface area (Å²) in [5.74, 6) is 1.12. The van der Waals surface area contributed by atoms with Gasteiger partial charge in [-0.25, -0.2) is 9.78 Å². The molecule has 3 rings (SSSR count). The molecule has 0 aliphatic carbocycles. The number of aliphatic carboxylic acids is 1. The van der Waals surface area contributed by atoms with Crippen LogP contribution in [0.5, 0.6) is 5.75 Å². The second-order valence-corrected chi connectivity index (χ2v) is 7.02. The molecule has 31 heavy (non-hydrogen) atoms. The van der Waals surface area contributed by atoms with Gasteiger partial charge in [-0.05, 0) is 43.7 Å². The summed E-state index contributed by atoms with van der Waals surface area (Å²) in [5, 5.41) is 9.42. The predicted octanol–water partition coefficient (Wildman–Crippen LogP) is 4.32. The first kappa shape index (κ1) is 22.1. The molecule has 0 radical (unpaired) electrons. The Kier molecular flexibility index (Phi) is 7.45. The highest BCUT2D eigenvalue weighted by molar-refractivity contribution is 5.87. The molecule has 1 heterocycles. The van der Waals surface area contributed by atoms with Crippen molar-refractivity contribution < 1.29 is 23.9 Å². The molecule has 0 amide bonds. The lowest BCUT2D eigenvalue weighted by atomic mass is 10.0. The maximum absolute atomic E-state index is 11.5. The molecule has 3 aromatic rings. The van der Waals surface area contributed by atoms with Gasteiger partial charge >= 0.3 is 5.97 Å². The summed E-state index contributed by atoms with van der Waals surface area (Å²) >= 11 is 0. The average molecular weight is 422 g/mol. The number of rotatable bonds is 10. The number of aryl methyl sites for hydroxylation is 1. The third-order valence-electron chi connectivity index (χ3n) is 4.79. The van der Waals surface area contributed by atoms with Crippen molar-refractivity contribution in [2.45, 2.75) is 26.7 Å². The first-order chi connectivity index (χ1) is 15.0. The molecule has 0 saturated heterocycles. The van der Waals surface area contributed by atoms with E-state index in [9.17, 15) is 9.90 Å². The van der Waals surface area contributed by atoms with Gasteiger partial charge in [0, 0.05) is 24.1 Å². The minimum Gasteiger partial charge on any atom is -0.493 e. The van der Waals surface area contributed by atoms with E-state index in [0.717, 1.165) is 22.6 Å². The van der Waals surface area contributed by atoms with Gasteiger partial charge in [0.1, 0.15) is 11.5 Å². The van der Waals surface area contributed by atoms with Crippen LogP contribution in [0, 0.1) is 6.92 Å². The Morgan fingerprint density at radius 1 is 1.13 bits per heavy atom. The number of carboxylic acids is 1. The third-order valence-corrected chi connectivity index (χ3v) is 4.79. The number of carbonyl (C=O) groups is 1. The van der Waals surface area contributed by atoms with Crippen molar-refractivity contribution in [1.82, 2.24) is 10.5 Å². The van der Waals surface area contributed by atoms with Crippen LogP contribution in [0.4, 0.5) is 0 Å². The number of allylic oxidation sites excluding steroid dienone is 1. The standard InChI is InChI=1S/C24H26N2O5/c1-16(26-29-3)21(24(27)28)15-18-9-11-20(12-10-18)30-14-13-22-17(2)31-23(25-22)19-7-5-4-6-8-19/h4-12,26H,13-15H2,1-3H3,(H,27,28). The number of hydrogen-bond donors (Lipinski definition) is 2. The van der Waals surface area contributed by atoms with Crippen LogP contribution in [-0.2, 0) is 22.5 Å². The van der Waals surface area contributed by atoms with E-state index in [4.69, 9.17) is 14.0 Å². The fourth-order valence-electron chi connectivity index (χ4n) is 3.12. The number of nitrogens with zero attached hydrogens (tertiary/aromatic N) is 1. The maximum atomic E-state index is 11.5. The van der Waals surface area contributed by atoms with Crippen LogP contribution in [0.15, 0.2) is 70.3 Å². The van der Waals surface area contributed by atoms with Crippen molar-refractivity contribution in [2.24, 2.45) is 0 Å². The summed E-state index contributed by atoms with van der Waals surface area (Å²) in [6.07, 6.45) is 0.899. The van der Waals surface area contributed by atoms with E-state index in [-0.39, 0.29) is 12.0 Å². The number of carboxylic acid groups (broad SMARTS) is 1. The molecule has 0 atom stereocenters. The summed E-state index contributed by atoms with van der Waals surface area (Å²) < 4.78 is 11.6. The second kappa shape index (κ2) is 10.4. The van der Waals surface area contributed by atoms with Crippen LogP contribution in [0.3, 0.4) is 0 Å².